The average Bonchev–Trinajstić information content (AvgIpc) is 3.35. The van der Waals surface area contributed by atoms with Crippen molar-refractivity contribution in [3.05, 3.63) is 95.3 Å². The number of carbonyl (C=O) groups excluding carboxylic acids is 4. The third-order valence-corrected chi connectivity index (χ3v) is 5.22. The van der Waals surface area contributed by atoms with Crippen molar-refractivity contribution in [1.29, 1.82) is 0 Å². The van der Waals surface area contributed by atoms with Crippen LogP contribution in [0.5, 0.6) is 0 Å². The fraction of sp³-hybridized carbons (Fsp3) is 0.160. The number of nitrogens with one attached hydrogen (secondary N) is 4. The molecule has 2 aromatic carbocycles. The number of guanidine groups is 1. The summed E-state index contributed by atoms with van der Waals surface area (Å²) in [4.78, 5) is 52.4. The Morgan fingerprint density at radius 2 is 1.28 bits per heavy atom. The second-order valence-corrected chi connectivity index (χ2v) is 7.98. The highest BCUT2D eigenvalue weighted by Gasteiger charge is 2.26. The van der Waals surface area contributed by atoms with Crippen LogP contribution in [-0.4, -0.2) is 46.7 Å². The predicted octanol–water partition coefficient (Wildman–Crippen LogP) is -2.36. The van der Waals surface area contributed by atoms with Gasteiger partial charge in [0.15, 0.2) is 0 Å². The number of carbonyl (C=O) groups is 4. The summed E-state index contributed by atoms with van der Waals surface area (Å²) >= 11 is 0. The summed E-state index contributed by atoms with van der Waals surface area (Å²) in [7, 11) is 0. The quantitative estimate of drug-likeness (QED) is 0.136. The molecule has 8 N–H and O–H groups in total. The number of rotatable bonds is 10. The van der Waals surface area contributed by atoms with E-state index in [-0.39, 0.29) is 30.2 Å². The minimum Gasteiger partial charge on any atom is -0.548 e. The number of carboxylic acid groups (broad SMARTS) is 1. The average molecular weight is 491 g/mol. The highest BCUT2D eigenvalue weighted by Crippen LogP contribution is 2.08. The van der Waals surface area contributed by atoms with Gasteiger partial charge in [-0.2, -0.15) is 0 Å². The second kappa shape index (κ2) is 12.0. The molecule has 3 amide bonds. The molecule has 0 aliphatic rings. The number of benzene rings is 2. The van der Waals surface area contributed by atoms with E-state index in [2.05, 4.69) is 20.9 Å². The summed E-state index contributed by atoms with van der Waals surface area (Å²) < 4.78 is 0. The maximum atomic E-state index is 13.1. The van der Waals surface area contributed by atoms with Crippen LogP contribution in [0.25, 0.3) is 0 Å². The number of hydrogen-bond donors (Lipinski definition) is 6. The lowest BCUT2D eigenvalue weighted by Gasteiger charge is -2.24. The number of aliphatic carboxylic acids is 1. The van der Waals surface area contributed by atoms with E-state index in [0.717, 1.165) is 5.56 Å². The van der Waals surface area contributed by atoms with Crippen LogP contribution < -0.4 is 32.2 Å². The Morgan fingerprint density at radius 3 is 1.78 bits per heavy atom. The van der Waals surface area contributed by atoms with Crippen LogP contribution in [0.1, 0.15) is 32.1 Å². The summed E-state index contributed by atoms with van der Waals surface area (Å²) in [6, 6.07) is 18.0. The molecule has 11 heteroatoms. The molecule has 1 heterocycles. The SMILES string of the molecule is NC(=[NH2+])NC(=O)c1ccc(C(=O)N[C@H](Cc2ccccc2)C(=O)N[C@H](Cc2ccccc2)C(=O)[O-])[nH]1. The highest BCUT2D eigenvalue weighted by molar-refractivity contribution is 6.04. The van der Waals surface area contributed by atoms with Crippen molar-refractivity contribution in [2.24, 2.45) is 5.73 Å². The lowest BCUT2D eigenvalue weighted by Crippen LogP contribution is -2.56. The second-order valence-electron chi connectivity index (χ2n) is 7.98. The van der Waals surface area contributed by atoms with Gasteiger partial charge in [0.05, 0.1) is 12.0 Å². The molecular weight excluding hydrogens is 464 g/mol. The summed E-state index contributed by atoms with van der Waals surface area (Å²) in [6.45, 7) is 0. The normalized spacial score (nSPS) is 12.1. The Balaban J connectivity index is 1.77. The van der Waals surface area contributed by atoms with Crippen LogP contribution in [0.3, 0.4) is 0 Å². The van der Waals surface area contributed by atoms with Crippen molar-refractivity contribution in [3.8, 4) is 0 Å². The topological polar surface area (TPSA) is 195 Å². The first-order chi connectivity index (χ1) is 17.2. The van der Waals surface area contributed by atoms with Crippen LogP contribution in [-0.2, 0) is 22.4 Å². The molecule has 0 aliphatic heterocycles. The molecule has 11 nitrogen and oxygen atoms in total. The van der Waals surface area contributed by atoms with Crippen LogP contribution in [0, 0.1) is 0 Å². The van der Waals surface area contributed by atoms with Gasteiger partial charge in [0.25, 0.3) is 5.91 Å². The van der Waals surface area contributed by atoms with Gasteiger partial charge >= 0.3 is 11.9 Å². The Kier molecular flexibility index (Phi) is 8.54. The van der Waals surface area contributed by atoms with E-state index in [1.54, 1.807) is 60.7 Å². The van der Waals surface area contributed by atoms with Crippen molar-refractivity contribution in [2.45, 2.75) is 24.9 Å². The number of aromatic nitrogens is 1. The van der Waals surface area contributed by atoms with Gasteiger partial charge in [0.2, 0.25) is 5.91 Å². The zero-order chi connectivity index (χ0) is 26.1. The van der Waals surface area contributed by atoms with E-state index in [4.69, 9.17) is 11.1 Å². The summed E-state index contributed by atoms with van der Waals surface area (Å²) in [6.07, 6.45) is 0.105. The summed E-state index contributed by atoms with van der Waals surface area (Å²) in [5.41, 5.74) is 6.73. The van der Waals surface area contributed by atoms with Gasteiger partial charge in [-0.1, -0.05) is 60.7 Å². The molecule has 0 bridgehead atoms. The fourth-order valence-corrected chi connectivity index (χ4v) is 3.47. The van der Waals surface area contributed by atoms with E-state index in [0.29, 0.717) is 5.56 Å². The molecule has 0 aliphatic carbocycles. The van der Waals surface area contributed by atoms with Crippen molar-refractivity contribution >= 4 is 29.7 Å². The van der Waals surface area contributed by atoms with E-state index in [9.17, 15) is 24.3 Å². The standard InChI is InChI=1S/C25H26N6O5/c26-25(27)31-22(33)18-12-11-17(28-18)21(32)29-19(13-15-7-3-1-4-8-15)23(34)30-20(24(35)36)14-16-9-5-2-6-10-16/h1-12,19-20,28H,13-14H2,(H,29,32)(H,30,34)(H,35,36)(H4,26,27,31,33)/t19-,20-/m1/s1. The van der Waals surface area contributed by atoms with Crippen molar-refractivity contribution in [3.63, 3.8) is 0 Å². The molecule has 0 unspecified atom stereocenters. The molecule has 0 saturated carbocycles. The molecule has 3 rings (SSSR count). The van der Waals surface area contributed by atoms with Crippen molar-refractivity contribution in [1.82, 2.24) is 20.9 Å². The van der Waals surface area contributed by atoms with E-state index in [1.807, 2.05) is 0 Å². The van der Waals surface area contributed by atoms with Gasteiger partial charge in [-0.15, -0.1) is 0 Å². The molecule has 1 aromatic heterocycles. The third kappa shape index (κ3) is 7.29. The van der Waals surface area contributed by atoms with Gasteiger partial charge in [-0.3, -0.25) is 20.7 Å². The number of amides is 3. The predicted molar refractivity (Wildman–Crippen MR) is 128 cm³/mol. The molecular formula is C25H26N6O5. The maximum Gasteiger partial charge on any atom is 0.346 e. The Labute approximate surface area is 206 Å². The number of nitrogens with two attached hydrogens (primary N) is 2. The van der Waals surface area contributed by atoms with E-state index >= 15 is 0 Å². The largest absolute Gasteiger partial charge is 0.548 e. The molecule has 0 saturated heterocycles. The first-order valence-corrected chi connectivity index (χ1v) is 11.0. The lowest BCUT2D eigenvalue weighted by molar-refractivity contribution is -0.308. The smallest absolute Gasteiger partial charge is 0.346 e. The number of H-pyrrole nitrogens is 1. The van der Waals surface area contributed by atoms with Crippen LogP contribution in [0.4, 0.5) is 0 Å². The highest BCUT2D eigenvalue weighted by atomic mass is 16.4. The van der Waals surface area contributed by atoms with E-state index in [1.165, 1.54) is 12.1 Å². The van der Waals surface area contributed by atoms with Crippen LogP contribution >= 0.6 is 0 Å². The van der Waals surface area contributed by atoms with Gasteiger partial charge in [-0.05, 0) is 29.7 Å². The van der Waals surface area contributed by atoms with Crippen molar-refractivity contribution in [2.75, 3.05) is 0 Å². The monoisotopic (exact) mass is 490 g/mol. The zero-order valence-corrected chi connectivity index (χ0v) is 19.2. The maximum absolute atomic E-state index is 13.1. The molecule has 0 radical (unpaired) electrons. The van der Waals surface area contributed by atoms with Gasteiger partial charge in [0, 0.05) is 6.42 Å². The van der Waals surface area contributed by atoms with Gasteiger partial charge in [0.1, 0.15) is 17.4 Å². The minimum atomic E-state index is -1.45. The first-order valence-electron chi connectivity index (χ1n) is 11.0. The Morgan fingerprint density at radius 1 is 0.778 bits per heavy atom. The number of carboxylic acids is 1. The van der Waals surface area contributed by atoms with Crippen molar-refractivity contribution < 1.29 is 29.7 Å². The molecule has 2 atom stereocenters. The molecule has 0 fully saturated rings. The molecule has 36 heavy (non-hydrogen) atoms. The van der Waals surface area contributed by atoms with E-state index < -0.39 is 35.8 Å². The number of aromatic amines is 1. The molecule has 186 valence electrons. The van der Waals surface area contributed by atoms with Crippen LogP contribution in [0.2, 0.25) is 0 Å². The zero-order valence-electron chi connectivity index (χ0n) is 19.2. The van der Waals surface area contributed by atoms with Crippen LogP contribution in [0.15, 0.2) is 72.8 Å². The first kappa shape index (κ1) is 25.7. The molecule has 3 aromatic rings. The van der Waals surface area contributed by atoms with Gasteiger partial charge < -0.3 is 25.5 Å². The summed E-state index contributed by atoms with van der Waals surface area (Å²) in [5, 5.41) is 24.3. The minimum absolute atomic E-state index is 0.00217. The Bertz CT molecular complexity index is 1240. The number of hydrogen-bond acceptors (Lipinski definition) is 5. The molecule has 0 spiro atoms. The lowest BCUT2D eigenvalue weighted by atomic mass is 10.0. The van der Waals surface area contributed by atoms with Gasteiger partial charge in [-0.25, -0.2) is 10.1 Å². The Hall–Kier alpha value is -4.93. The fourth-order valence-electron chi connectivity index (χ4n) is 3.47. The summed E-state index contributed by atoms with van der Waals surface area (Å²) in [5.74, 6) is -3.79. The third-order valence-electron chi connectivity index (χ3n) is 5.22.